The molecule has 0 aliphatic carbocycles. The van der Waals surface area contributed by atoms with E-state index in [9.17, 15) is 13.2 Å². The minimum Gasteiger partial charge on any atom is -0.364 e. The van der Waals surface area contributed by atoms with E-state index in [1.807, 2.05) is 0 Å². The van der Waals surface area contributed by atoms with Crippen LogP contribution in [0.5, 0.6) is 0 Å². The van der Waals surface area contributed by atoms with Gasteiger partial charge in [-0.1, -0.05) is 0 Å². The van der Waals surface area contributed by atoms with E-state index in [0.29, 0.717) is 5.65 Å². The summed E-state index contributed by atoms with van der Waals surface area (Å²) in [6.07, 6.45) is -0.0333. The molecule has 0 radical (unpaired) electrons. The highest BCUT2D eigenvalue weighted by Crippen LogP contribution is 2.29. The van der Waals surface area contributed by atoms with E-state index in [1.165, 1.54) is 0 Å². The number of hydrogen-bond donors (Lipinski definition) is 1. The smallest absolute Gasteiger partial charge is 0.364 e. The summed E-state index contributed by atoms with van der Waals surface area (Å²) in [5.74, 6) is 0.155. The fourth-order valence-electron chi connectivity index (χ4n) is 1.90. The predicted octanol–water partition coefficient (Wildman–Crippen LogP) is 2.76. The van der Waals surface area contributed by atoms with Crippen molar-refractivity contribution < 1.29 is 13.2 Å². The predicted molar refractivity (Wildman–Crippen MR) is 69.6 cm³/mol. The lowest BCUT2D eigenvalue weighted by Gasteiger charge is -2.10. The van der Waals surface area contributed by atoms with Crippen LogP contribution in [0.1, 0.15) is 11.3 Å². The lowest BCUT2D eigenvalue weighted by Crippen LogP contribution is -2.09. The zero-order valence-electron chi connectivity index (χ0n) is 10.7. The maximum atomic E-state index is 12.6. The first-order valence-corrected chi connectivity index (χ1v) is 6.09. The SMILES string of the molecule is FC(F)(F)c1ccnc(NCc2ccnc3ccnn23)c1. The van der Waals surface area contributed by atoms with Crippen LogP contribution in [0.3, 0.4) is 0 Å². The van der Waals surface area contributed by atoms with Crippen molar-refractivity contribution in [2.75, 3.05) is 5.32 Å². The van der Waals surface area contributed by atoms with Crippen LogP contribution in [0.15, 0.2) is 42.9 Å². The van der Waals surface area contributed by atoms with E-state index < -0.39 is 11.7 Å². The molecule has 0 fully saturated rings. The third-order valence-corrected chi connectivity index (χ3v) is 2.91. The van der Waals surface area contributed by atoms with E-state index in [1.54, 1.807) is 29.0 Å². The topological polar surface area (TPSA) is 55.1 Å². The monoisotopic (exact) mass is 293 g/mol. The van der Waals surface area contributed by atoms with Crippen molar-refractivity contribution in [3.63, 3.8) is 0 Å². The normalized spacial score (nSPS) is 11.8. The van der Waals surface area contributed by atoms with Crippen molar-refractivity contribution in [2.45, 2.75) is 12.7 Å². The molecule has 0 aromatic carbocycles. The first-order valence-electron chi connectivity index (χ1n) is 6.09. The number of alkyl halides is 3. The third kappa shape index (κ3) is 2.78. The minimum atomic E-state index is -4.38. The highest BCUT2D eigenvalue weighted by atomic mass is 19.4. The maximum Gasteiger partial charge on any atom is 0.416 e. The lowest BCUT2D eigenvalue weighted by molar-refractivity contribution is -0.137. The molecule has 3 rings (SSSR count). The Morgan fingerprint density at radius 1 is 1.05 bits per heavy atom. The molecule has 1 N–H and O–H groups in total. The van der Waals surface area contributed by atoms with Crippen molar-refractivity contribution in [1.82, 2.24) is 19.6 Å². The van der Waals surface area contributed by atoms with Crippen LogP contribution in [0, 0.1) is 0 Å². The molecule has 0 aliphatic heterocycles. The molecule has 5 nitrogen and oxygen atoms in total. The van der Waals surface area contributed by atoms with Crippen molar-refractivity contribution in [1.29, 1.82) is 0 Å². The molecule has 0 aliphatic rings. The molecule has 0 saturated heterocycles. The van der Waals surface area contributed by atoms with Crippen LogP contribution in [0.2, 0.25) is 0 Å². The maximum absolute atomic E-state index is 12.6. The summed E-state index contributed by atoms with van der Waals surface area (Å²) in [7, 11) is 0. The Kier molecular flexibility index (Phi) is 3.20. The number of anilines is 1. The molecule has 108 valence electrons. The first kappa shape index (κ1) is 13.3. The number of halogens is 3. The lowest BCUT2D eigenvalue weighted by atomic mass is 10.2. The molecule has 0 unspecified atom stereocenters. The molecule has 0 atom stereocenters. The van der Waals surface area contributed by atoms with Crippen LogP contribution in [0.4, 0.5) is 19.0 Å². The van der Waals surface area contributed by atoms with Gasteiger partial charge in [0, 0.05) is 18.5 Å². The average molecular weight is 293 g/mol. The Morgan fingerprint density at radius 3 is 2.67 bits per heavy atom. The Hall–Kier alpha value is -2.64. The van der Waals surface area contributed by atoms with Crippen molar-refractivity contribution in [3.8, 4) is 0 Å². The van der Waals surface area contributed by atoms with E-state index in [2.05, 4.69) is 20.4 Å². The second-order valence-electron chi connectivity index (χ2n) is 4.32. The third-order valence-electron chi connectivity index (χ3n) is 2.91. The summed E-state index contributed by atoms with van der Waals surface area (Å²) in [4.78, 5) is 7.99. The number of nitrogens with one attached hydrogen (secondary N) is 1. The standard InChI is InChI=1S/C13H10F3N5/c14-13(15,16)9-1-4-17-11(7-9)19-8-10-2-5-18-12-3-6-20-21(10)12/h1-7H,8H2,(H,17,19). The van der Waals surface area contributed by atoms with Crippen LogP contribution in [0.25, 0.3) is 5.65 Å². The number of rotatable bonds is 3. The second-order valence-corrected chi connectivity index (χ2v) is 4.32. The van der Waals surface area contributed by atoms with Crippen LogP contribution in [-0.2, 0) is 12.7 Å². The van der Waals surface area contributed by atoms with Gasteiger partial charge in [0.25, 0.3) is 0 Å². The largest absolute Gasteiger partial charge is 0.416 e. The number of hydrogen-bond acceptors (Lipinski definition) is 4. The van der Waals surface area contributed by atoms with Gasteiger partial charge in [-0.2, -0.15) is 18.3 Å². The molecule has 3 aromatic heterocycles. The highest BCUT2D eigenvalue weighted by molar-refractivity contribution is 5.41. The molecule has 21 heavy (non-hydrogen) atoms. The van der Waals surface area contributed by atoms with Crippen LogP contribution >= 0.6 is 0 Å². The summed E-state index contributed by atoms with van der Waals surface area (Å²) >= 11 is 0. The summed E-state index contributed by atoms with van der Waals surface area (Å²) in [5.41, 5.74) is 0.703. The average Bonchev–Trinajstić information content (AvgIpc) is 2.93. The molecule has 8 heteroatoms. The number of aromatic nitrogens is 4. The Labute approximate surface area is 117 Å². The first-order chi connectivity index (χ1) is 10.0. The van der Waals surface area contributed by atoms with E-state index in [-0.39, 0.29) is 12.4 Å². The van der Waals surface area contributed by atoms with Crippen molar-refractivity contribution in [2.24, 2.45) is 0 Å². The van der Waals surface area contributed by atoms with Gasteiger partial charge in [0.05, 0.1) is 24.0 Å². The van der Waals surface area contributed by atoms with Gasteiger partial charge in [-0.05, 0) is 18.2 Å². The van der Waals surface area contributed by atoms with Gasteiger partial charge < -0.3 is 5.32 Å². The Morgan fingerprint density at radius 2 is 1.86 bits per heavy atom. The van der Waals surface area contributed by atoms with Crippen molar-refractivity contribution >= 4 is 11.5 Å². The second kappa shape index (κ2) is 5.04. The van der Waals surface area contributed by atoms with Crippen LogP contribution in [-0.4, -0.2) is 19.6 Å². The number of nitrogens with zero attached hydrogens (tertiary/aromatic N) is 4. The Bertz CT molecular complexity index is 766. The zero-order valence-corrected chi connectivity index (χ0v) is 10.7. The molecule has 3 aromatic rings. The van der Waals surface area contributed by atoms with E-state index >= 15 is 0 Å². The fraction of sp³-hybridized carbons (Fsp3) is 0.154. The number of pyridine rings is 1. The molecule has 0 amide bonds. The summed E-state index contributed by atoms with van der Waals surface area (Å²) in [5, 5.41) is 6.96. The molecular formula is C13H10F3N5. The molecule has 0 spiro atoms. The minimum absolute atomic E-state index is 0.155. The van der Waals surface area contributed by atoms with Crippen molar-refractivity contribution in [3.05, 3.63) is 54.1 Å². The van der Waals surface area contributed by atoms with E-state index in [0.717, 1.165) is 24.0 Å². The highest BCUT2D eigenvalue weighted by Gasteiger charge is 2.30. The number of fused-ring (bicyclic) bond motifs is 1. The van der Waals surface area contributed by atoms with Gasteiger partial charge in [-0.25, -0.2) is 14.5 Å². The summed E-state index contributed by atoms with van der Waals surface area (Å²) in [6, 6.07) is 5.39. The molecular weight excluding hydrogens is 283 g/mol. The zero-order chi connectivity index (χ0) is 14.9. The van der Waals surface area contributed by atoms with Gasteiger partial charge in [0.2, 0.25) is 0 Å². The van der Waals surface area contributed by atoms with E-state index in [4.69, 9.17) is 0 Å². The molecule has 3 heterocycles. The quantitative estimate of drug-likeness (QED) is 0.806. The van der Waals surface area contributed by atoms with Gasteiger partial charge in [0.1, 0.15) is 5.82 Å². The summed E-state index contributed by atoms with van der Waals surface area (Å²) in [6.45, 7) is 0.287. The van der Waals surface area contributed by atoms with Crippen LogP contribution < -0.4 is 5.32 Å². The van der Waals surface area contributed by atoms with Gasteiger partial charge in [-0.3, -0.25) is 0 Å². The fourth-order valence-corrected chi connectivity index (χ4v) is 1.90. The van der Waals surface area contributed by atoms with Gasteiger partial charge >= 0.3 is 6.18 Å². The molecule has 0 bridgehead atoms. The van der Waals surface area contributed by atoms with Gasteiger partial charge in [0.15, 0.2) is 5.65 Å². The summed E-state index contributed by atoms with van der Waals surface area (Å²) < 4.78 is 39.5. The molecule has 0 saturated carbocycles. The Balaban J connectivity index is 1.80. The van der Waals surface area contributed by atoms with Gasteiger partial charge in [-0.15, -0.1) is 0 Å².